The van der Waals surface area contributed by atoms with E-state index in [1.807, 2.05) is 18.7 Å². The Morgan fingerprint density at radius 3 is 2.38 bits per heavy atom. The molecule has 0 aliphatic carbocycles. The van der Waals surface area contributed by atoms with Gasteiger partial charge < -0.3 is 9.64 Å². The Hall–Kier alpha value is -1.14. The summed E-state index contributed by atoms with van der Waals surface area (Å²) in [6.07, 6.45) is 4.25. The molecule has 0 aromatic carbocycles. The molecule has 2 atom stereocenters. The SMILES string of the molecule is CCOC(=O)[C@@H](CC)N1CCN(CC(=O)N2CCCC[C@@H]2C)CC1. The fourth-order valence-electron chi connectivity index (χ4n) is 3.80. The number of hydrogen-bond acceptors (Lipinski definition) is 5. The second-order valence-electron chi connectivity index (χ2n) is 6.92. The first-order chi connectivity index (χ1) is 11.6. The maximum atomic E-state index is 12.5. The summed E-state index contributed by atoms with van der Waals surface area (Å²) in [7, 11) is 0. The highest BCUT2D eigenvalue weighted by molar-refractivity contribution is 5.78. The van der Waals surface area contributed by atoms with E-state index in [0.717, 1.165) is 52.0 Å². The van der Waals surface area contributed by atoms with Gasteiger partial charge in [0.05, 0.1) is 13.2 Å². The summed E-state index contributed by atoms with van der Waals surface area (Å²) < 4.78 is 5.18. The second kappa shape index (κ2) is 9.37. The Morgan fingerprint density at radius 2 is 1.79 bits per heavy atom. The molecular formula is C18H33N3O3. The summed E-state index contributed by atoms with van der Waals surface area (Å²) in [5, 5.41) is 0. The fraction of sp³-hybridized carbons (Fsp3) is 0.889. The van der Waals surface area contributed by atoms with Crippen LogP contribution in [0.4, 0.5) is 0 Å². The van der Waals surface area contributed by atoms with E-state index in [1.165, 1.54) is 6.42 Å². The van der Waals surface area contributed by atoms with E-state index in [-0.39, 0.29) is 17.9 Å². The van der Waals surface area contributed by atoms with Gasteiger partial charge in [-0.3, -0.25) is 19.4 Å². The largest absolute Gasteiger partial charge is 0.465 e. The molecule has 2 aliphatic rings. The van der Waals surface area contributed by atoms with Gasteiger partial charge in [-0.2, -0.15) is 0 Å². The molecule has 138 valence electrons. The number of piperazine rings is 1. The number of hydrogen-bond donors (Lipinski definition) is 0. The van der Waals surface area contributed by atoms with Gasteiger partial charge in [-0.05, 0) is 39.5 Å². The molecule has 0 spiro atoms. The monoisotopic (exact) mass is 339 g/mol. The van der Waals surface area contributed by atoms with Crippen LogP contribution in [0.5, 0.6) is 0 Å². The van der Waals surface area contributed by atoms with Crippen LogP contribution in [0.3, 0.4) is 0 Å². The van der Waals surface area contributed by atoms with Crippen molar-refractivity contribution in [2.45, 2.75) is 58.5 Å². The van der Waals surface area contributed by atoms with Crippen molar-refractivity contribution in [2.24, 2.45) is 0 Å². The van der Waals surface area contributed by atoms with E-state index in [9.17, 15) is 9.59 Å². The van der Waals surface area contributed by atoms with Crippen LogP contribution >= 0.6 is 0 Å². The highest BCUT2D eigenvalue weighted by atomic mass is 16.5. The van der Waals surface area contributed by atoms with Gasteiger partial charge in [0.25, 0.3) is 0 Å². The summed E-state index contributed by atoms with van der Waals surface area (Å²) in [5.74, 6) is 0.139. The maximum absolute atomic E-state index is 12.5. The number of rotatable bonds is 6. The van der Waals surface area contributed by atoms with Crippen LogP contribution in [-0.4, -0.2) is 84.5 Å². The van der Waals surface area contributed by atoms with Crippen molar-refractivity contribution in [3.05, 3.63) is 0 Å². The molecule has 1 amide bonds. The molecule has 0 bridgehead atoms. The molecule has 0 saturated carbocycles. The number of esters is 1. The molecular weight excluding hydrogens is 306 g/mol. The lowest BCUT2D eigenvalue weighted by molar-refractivity contribution is -0.151. The highest BCUT2D eigenvalue weighted by Gasteiger charge is 2.30. The third kappa shape index (κ3) is 4.93. The predicted molar refractivity (Wildman–Crippen MR) is 93.8 cm³/mol. The molecule has 0 radical (unpaired) electrons. The van der Waals surface area contributed by atoms with E-state index in [1.54, 1.807) is 0 Å². The van der Waals surface area contributed by atoms with Crippen molar-refractivity contribution in [2.75, 3.05) is 45.9 Å². The molecule has 2 heterocycles. The number of ether oxygens (including phenoxy) is 1. The summed E-state index contributed by atoms with van der Waals surface area (Å²) >= 11 is 0. The quantitative estimate of drug-likeness (QED) is 0.684. The summed E-state index contributed by atoms with van der Waals surface area (Å²) in [4.78, 5) is 31.0. The minimum absolute atomic E-state index is 0.119. The average molecular weight is 339 g/mol. The van der Waals surface area contributed by atoms with Gasteiger partial charge in [-0.1, -0.05) is 6.92 Å². The summed E-state index contributed by atoms with van der Waals surface area (Å²) in [6.45, 7) is 11.2. The molecule has 0 unspecified atom stereocenters. The maximum Gasteiger partial charge on any atom is 0.323 e. The Kier molecular flexibility index (Phi) is 7.49. The lowest BCUT2D eigenvalue weighted by atomic mass is 10.0. The number of likely N-dealkylation sites (tertiary alicyclic amines) is 1. The van der Waals surface area contributed by atoms with Gasteiger partial charge in [0.2, 0.25) is 5.91 Å². The van der Waals surface area contributed by atoms with Gasteiger partial charge in [0.1, 0.15) is 6.04 Å². The molecule has 6 heteroatoms. The Morgan fingerprint density at radius 1 is 1.08 bits per heavy atom. The van der Waals surface area contributed by atoms with Gasteiger partial charge in [0, 0.05) is 38.8 Å². The molecule has 2 rings (SSSR count). The van der Waals surface area contributed by atoms with Crippen molar-refractivity contribution in [1.29, 1.82) is 0 Å². The molecule has 0 aromatic rings. The number of nitrogens with zero attached hydrogens (tertiary/aromatic N) is 3. The number of carbonyl (C=O) groups is 2. The second-order valence-corrected chi connectivity index (χ2v) is 6.92. The standard InChI is InChI=1S/C18H33N3O3/c1-4-16(18(23)24-5-2)20-12-10-19(11-13-20)14-17(22)21-9-7-6-8-15(21)3/h15-16H,4-14H2,1-3H3/t15-,16+/m0/s1. The molecule has 0 aromatic heterocycles. The normalized spacial score (nSPS) is 24.6. The molecule has 2 aliphatic heterocycles. The van der Waals surface area contributed by atoms with Crippen LogP contribution < -0.4 is 0 Å². The zero-order chi connectivity index (χ0) is 17.5. The zero-order valence-corrected chi connectivity index (χ0v) is 15.5. The Balaban J connectivity index is 1.79. The van der Waals surface area contributed by atoms with E-state index in [4.69, 9.17) is 4.74 Å². The molecule has 2 saturated heterocycles. The van der Waals surface area contributed by atoms with Gasteiger partial charge in [-0.15, -0.1) is 0 Å². The van der Waals surface area contributed by atoms with Crippen molar-refractivity contribution < 1.29 is 14.3 Å². The van der Waals surface area contributed by atoms with Crippen molar-refractivity contribution >= 4 is 11.9 Å². The number of carbonyl (C=O) groups excluding carboxylic acids is 2. The minimum Gasteiger partial charge on any atom is -0.465 e. The van der Waals surface area contributed by atoms with E-state index >= 15 is 0 Å². The number of amides is 1. The third-order valence-electron chi connectivity index (χ3n) is 5.28. The van der Waals surface area contributed by atoms with E-state index < -0.39 is 0 Å². The van der Waals surface area contributed by atoms with Crippen LogP contribution in [0.25, 0.3) is 0 Å². The molecule has 2 fully saturated rings. The zero-order valence-electron chi connectivity index (χ0n) is 15.5. The van der Waals surface area contributed by atoms with Gasteiger partial charge in [0.15, 0.2) is 0 Å². The van der Waals surface area contributed by atoms with Crippen molar-refractivity contribution in [3.63, 3.8) is 0 Å². The Bertz CT molecular complexity index is 422. The smallest absolute Gasteiger partial charge is 0.323 e. The van der Waals surface area contributed by atoms with Gasteiger partial charge in [-0.25, -0.2) is 0 Å². The molecule has 6 nitrogen and oxygen atoms in total. The van der Waals surface area contributed by atoms with E-state index in [2.05, 4.69) is 16.7 Å². The van der Waals surface area contributed by atoms with Crippen LogP contribution in [0, 0.1) is 0 Å². The fourth-order valence-corrected chi connectivity index (χ4v) is 3.80. The minimum atomic E-state index is -0.148. The van der Waals surface area contributed by atoms with Gasteiger partial charge >= 0.3 is 5.97 Å². The van der Waals surface area contributed by atoms with Crippen molar-refractivity contribution in [3.8, 4) is 0 Å². The van der Waals surface area contributed by atoms with Crippen molar-refractivity contribution in [1.82, 2.24) is 14.7 Å². The van der Waals surface area contributed by atoms with Crippen LogP contribution in [0.15, 0.2) is 0 Å². The first-order valence-corrected chi connectivity index (χ1v) is 9.49. The predicted octanol–water partition coefficient (Wildman–Crippen LogP) is 1.35. The van der Waals surface area contributed by atoms with E-state index in [0.29, 0.717) is 19.2 Å². The Labute approximate surface area is 146 Å². The lowest BCUT2D eigenvalue weighted by Crippen LogP contribution is -2.55. The highest BCUT2D eigenvalue weighted by Crippen LogP contribution is 2.17. The summed E-state index contributed by atoms with van der Waals surface area (Å²) in [6, 6.07) is 0.228. The van der Waals surface area contributed by atoms with Crippen LogP contribution in [0.2, 0.25) is 0 Å². The molecule has 24 heavy (non-hydrogen) atoms. The third-order valence-corrected chi connectivity index (χ3v) is 5.28. The summed E-state index contributed by atoms with van der Waals surface area (Å²) in [5.41, 5.74) is 0. The topological polar surface area (TPSA) is 53.1 Å². The number of piperidine rings is 1. The van der Waals surface area contributed by atoms with Crippen LogP contribution in [-0.2, 0) is 14.3 Å². The van der Waals surface area contributed by atoms with Crippen LogP contribution in [0.1, 0.15) is 46.5 Å². The molecule has 0 N–H and O–H groups in total. The first-order valence-electron chi connectivity index (χ1n) is 9.49. The first kappa shape index (κ1) is 19.2. The lowest BCUT2D eigenvalue weighted by Gasteiger charge is -2.39. The average Bonchev–Trinajstić information content (AvgIpc) is 2.57.